The van der Waals surface area contributed by atoms with Gasteiger partial charge >= 0.3 is 0 Å². The number of rotatable bonds is 5. The molecule has 18 heavy (non-hydrogen) atoms. The summed E-state index contributed by atoms with van der Waals surface area (Å²) in [4.78, 5) is 10.5. The molecule has 5 nitrogen and oxygen atoms in total. The number of anilines is 1. The molecule has 1 aromatic rings. The first-order valence-corrected chi connectivity index (χ1v) is 6.70. The SMILES string of the molecule is OCC1CCCN(CCNc2ncc(Cl)cn2)C1. The maximum Gasteiger partial charge on any atom is 0.222 e. The van der Waals surface area contributed by atoms with Gasteiger partial charge in [-0.1, -0.05) is 11.6 Å². The fraction of sp³-hybridized carbons (Fsp3) is 0.667. The first kappa shape index (κ1) is 13.5. The summed E-state index contributed by atoms with van der Waals surface area (Å²) in [5.74, 6) is 1.04. The van der Waals surface area contributed by atoms with E-state index in [0.717, 1.165) is 32.6 Å². The van der Waals surface area contributed by atoms with Crippen molar-refractivity contribution >= 4 is 17.5 Å². The molecule has 1 aromatic heterocycles. The van der Waals surface area contributed by atoms with Gasteiger partial charge in [-0.05, 0) is 25.3 Å². The van der Waals surface area contributed by atoms with Crippen molar-refractivity contribution in [2.24, 2.45) is 5.92 Å². The molecular weight excluding hydrogens is 252 g/mol. The van der Waals surface area contributed by atoms with Crippen LogP contribution in [0.3, 0.4) is 0 Å². The number of hydrogen-bond acceptors (Lipinski definition) is 5. The van der Waals surface area contributed by atoms with Gasteiger partial charge < -0.3 is 15.3 Å². The topological polar surface area (TPSA) is 61.3 Å². The number of nitrogens with one attached hydrogen (secondary N) is 1. The molecule has 100 valence electrons. The number of hydrogen-bond donors (Lipinski definition) is 2. The number of aliphatic hydroxyl groups is 1. The minimum atomic E-state index is 0.296. The molecule has 1 saturated heterocycles. The number of nitrogens with zero attached hydrogens (tertiary/aromatic N) is 3. The average Bonchev–Trinajstić information content (AvgIpc) is 2.41. The van der Waals surface area contributed by atoms with Crippen molar-refractivity contribution in [2.75, 3.05) is 38.1 Å². The highest BCUT2D eigenvalue weighted by Crippen LogP contribution is 2.15. The van der Waals surface area contributed by atoms with Crippen molar-refractivity contribution in [3.05, 3.63) is 17.4 Å². The second-order valence-electron chi connectivity index (χ2n) is 4.64. The molecule has 0 bridgehead atoms. The molecular formula is C12H19ClN4O. The summed E-state index contributed by atoms with van der Waals surface area (Å²) in [5, 5.41) is 12.9. The summed E-state index contributed by atoms with van der Waals surface area (Å²) in [5.41, 5.74) is 0. The Bertz CT molecular complexity index is 360. The number of piperidine rings is 1. The first-order chi connectivity index (χ1) is 8.78. The molecule has 0 aromatic carbocycles. The maximum atomic E-state index is 9.16. The number of likely N-dealkylation sites (tertiary alicyclic amines) is 1. The summed E-state index contributed by atoms with van der Waals surface area (Å²) in [7, 11) is 0. The summed E-state index contributed by atoms with van der Waals surface area (Å²) in [6, 6.07) is 0. The van der Waals surface area contributed by atoms with E-state index in [1.807, 2.05) is 0 Å². The Labute approximate surface area is 112 Å². The Morgan fingerprint density at radius 2 is 2.22 bits per heavy atom. The summed E-state index contributed by atoms with van der Waals surface area (Å²) in [6.45, 7) is 4.14. The van der Waals surface area contributed by atoms with Crippen LogP contribution in [0.25, 0.3) is 0 Å². The van der Waals surface area contributed by atoms with E-state index in [4.69, 9.17) is 16.7 Å². The fourth-order valence-corrected chi connectivity index (χ4v) is 2.33. The molecule has 1 aliphatic heterocycles. The predicted molar refractivity (Wildman–Crippen MR) is 71.8 cm³/mol. The number of halogens is 1. The highest BCUT2D eigenvalue weighted by atomic mass is 35.5. The molecule has 0 radical (unpaired) electrons. The normalized spacial score (nSPS) is 20.9. The Hall–Kier alpha value is -0.910. The smallest absolute Gasteiger partial charge is 0.222 e. The predicted octanol–water partition coefficient (Wildman–Crippen LogP) is 1.25. The second-order valence-corrected chi connectivity index (χ2v) is 5.08. The lowest BCUT2D eigenvalue weighted by atomic mass is 9.99. The van der Waals surface area contributed by atoms with Gasteiger partial charge in [0.05, 0.1) is 17.4 Å². The van der Waals surface area contributed by atoms with Gasteiger partial charge in [0.1, 0.15) is 0 Å². The molecule has 2 rings (SSSR count). The average molecular weight is 271 g/mol. The fourth-order valence-electron chi connectivity index (χ4n) is 2.23. The Morgan fingerprint density at radius 3 is 2.94 bits per heavy atom. The van der Waals surface area contributed by atoms with Gasteiger partial charge in [0.2, 0.25) is 5.95 Å². The van der Waals surface area contributed by atoms with Gasteiger partial charge in [-0.25, -0.2) is 9.97 Å². The maximum absolute atomic E-state index is 9.16. The second kappa shape index (κ2) is 6.87. The van der Waals surface area contributed by atoms with Crippen LogP contribution in [-0.4, -0.2) is 52.8 Å². The minimum Gasteiger partial charge on any atom is -0.396 e. The molecule has 2 N–H and O–H groups in total. The van der Waals surface area contributed by atoms with E-state index in [9.17, 15) is 0 Å². The highest BCUT2D eigenvalue weighted by molar-refractivity contribution is 6.30. The largest absolute Gasteiger partial charge is 0.396 e. The van der Waals surface area contributed by atoms with E-state index in [1.165, 1.54) is 6.42 Å². The van der Waals surface area contributed by atoms with Crippen LogP contribution < -0.4 is 5.32 Å². The van der Waals surface area contributed by atoms with Crippen molar-refractivity contribution in [1.29, 1.82) is 0 Å². The Balaban J connectivity index is 1.70. The van der Waals surface area contributed by atoms with E-state index in [-0.39, 0.29) is 0 Å². The molecule has 1 fully saturated rings. The van der Waals surface area contributed by atoms with Crippen LogP contribution in [0.5, 0.6) is 0 Å². The third kappa shape index (κ3) is 4.08. The lowest BCUT2D eigenvalue weighted by Gasteiger charge is -2.31. The minimum absolute atomic E-state index is 0.296. The van der Waals surface area contributed by atoms with E-state index in [0.29, 0.717) is 23.5 Å². The van der Waals surface area contributed by atoms with Gasteiger partial charge in [0.25, 0.3) is 0 Å². The van der Waals surface area contributed by atoms with Crippen LogP contribution in [0.15, 0.2) is 12.4 Å². The van der Waals surface area contributed by atoms with Crippen LogP contribution in [-0.2, 0) is 0 Å². The van der Waals surface area contributed by atoms with Gasteiger partial charge in [0, 0.05) is 26.2 Å². The van der Waals surface area contributed by atoms with Crippen LogP contribution in [0.4, 0.5) is 5.95 Å². The quantitative estimate of drug-likeness (QED) is 0.843. The monoisotopic (exact) mass is 270 g/mol. The zero-order valence-corrected chi connectivity index (χ0v) is 11.1. The molecule has 1 atom stereocenters. The van der Waals surface area contributed by atoms with Crippen molar-refractivity contribution in [3.63, 3.8) is 0 Å². The third-order valence-corrected chi connectivity index (χ3v) is 3.39. The molecule has 2 heterocycles. The van der Waals surface area contributed by atoms with Crippen molar-refractivity contribution < 1.29 is 5.11 Å². The summed E-state index contributed by atoms with van der Waals surface area (Å²) < 4.78 is 0. The van der Waals surface area contributed by atoms with E-state index < -0.39 is 0 Å². The summed E-state index contributed by atoms with van der Waals surface area (Å²) >= 11 is 5.71. The molecule has 0 spiro atoms. The zero-order valence-electron chi connectivity index (χ0n) is 10.3. The van der Waals surface area contributed by atoms with Crippen molar-refractivity contribution in [2.45, 2.75) is 12.8 Å². The van der Waals surface area contributed by atoms with Crippen LogP contribution in [0.2, 0.25) is 5.02 Å². The Kier molecular flexibility index (Phi) is 5.16. The molecule has 6 heteroatoms. The van der Waals surface area contributed by atoms with Crippen molar-refractivity contribution in [3.8, 4) is 0 Å². The van der Waals surface area contributed by atoms with Gasteiger partial charge in [-0.15, -0.1) is 0 Å². The molecule has 0 saturated carbocycles. The van der Waals surface area contributed by atoms with Crippen LogP contribution in [0.1, 0.15) is 12.8 Å². The molecule has 0 amide bonds. The van der Waals surface area contributed by atoms with Crippen LogP contribution >= 0.6 is 11.6 Å². The molecule has 0 aliphatic carbocycles. The van der Waals surface area contributed by atoms with Crippen molar-refractivity contribution in [1.82, 2.24) is 14.9 Å². The third-order valence-electron chi connectivity index (χ3n) is 3.19. The highest BCUT2D eigenvalue weighted by Gasteiger charge is 2.18. The van der Waals surface area contributed by atoms with Gasteiger partial charge in [-0.2, -0.15) is 0 Å². The van der Waals surface area contributed by atoms with Crippen LogP contribution in [0, 0.1) is 5.92 Å². The first-order valence-electron chi connectivity index (χ1n) is 6.32. The van der Waals surface area contributed by atoms with E-state index >= 15 is 0 Å². The molecule has 1 unspecified atom stereocenters. The standard InChI is InChI=1S/C12H19ClN4O/c13-11-6-15-12(16-7-11)14-3-5-17-4-1-2-10(8-17)9-18/h6-7,10,18H,1-5,8-9H2,(H,14,15,16). The molecule has 1 aliphatic rings. The lowest BCUT2D eigenvalue weighted by molar-refractivity contribution is 0.123. The van der Waals surface area contributed by atoms with E-state index in [2.05, 4.69) is 20.2 Å². The number of aliphatic hydroxyl groups excluding tert-OH is 1. The van der Waals surface area contributed by atoms with E-state index in [1.54, 1.807) is 12.4 Å². The lowest BCUT2D eigenvalue weighted by Crippen LogP contribution is -2.39. The van der Waals surface area contributed by atoms with Gasteiger partial charge in [0.15, 0.2) is 0 Å². The Morgan fingerprint density at radius 1 is 1.44 bits per heavy atom. The van der Waals surface area contributed by atoms with Gasteiger partial charge in [-0.3, -0.25) is 0 Å². The number of aromatic nitrogens is 2. The summed E-state index contributed by atoms with van der Waals surface area (Å²) in [6.07, 6.45) is 5.47. The zero-order chi connectivity index (χ0) is 12.8.